The van der Waals surface area contributed by atoms with Gasteiger partial charge in [0, 0.05) is 23.8 Å². The molecule has 1 saturated carbocycles. The summed E-state index contributed by atoms with van der Waals surface area (Å²) in [5.74, 6) is 2.34. The first-order valence-electron chi connectivity index (χ1n) is 8.41. The van der Waals surface area contributed by atoms with Gasteiger partial charge in [-0.1, -0.05) is 12.8 Å². The van der Waals surface area contributed by atoms with E-state index in [0.717, 1.165) is 29.9 Å². The second-order valence-corrected chi connectivity index (χ2v) is 6.38. The molecule has 1 N–H and O–H groups in total. The Morgan fingerprint density at radius 1 is 1.20 bits per heavy atom. The Hall–Kier alpha value is -2.96. The van der Waals surface area contributed by atoms with Gasteiger partial charge in [-0.3, -0.25) is 0 Å². The zero-order valence-corrected chi connectivity index (χ0v) is 14.0. The van der Waals surface area contributed by atoms with E-state index in [0.29, 0.717) is 17.6 Å². The number of phenols is 1. The summed E-state index contributed by atoms with van der Waals surface area (Å²) < 4.78 is 7.29. The topological polar surface area (TPSA) is 89.9 Å². The van der Waals surface area contributed by atoms with Crippen LogP contribution in [0.5, 0.6) is 5.75 Å². The van der Waals surface area contributed by atoms with E-state index in [2.05, 4.69) is 20.3 Å². The van der Waals surface area contributed by atoms with Crippen LogP contribution in [0.15, 0.2) is 28.9 Å². The van der Waals surface area contributed by atoms with Crippen molar-refractivity contribution in [2.75, 3.05) is 0 Å². The third-order valence-electron chi connectivity index (χ3n) is 4.36. The van der Waals surface area contributed by atoms with Gasteiger partial charge in [-0.25, -0.2) is 9.67 Å². The Balaban J connectivity index is 1.50. The molecule has 0 spiro atoms. The minimum atomic E-state index is 0.201. The molecule has 1 fully saturated rings. The maximum atomic E-state index is 9.70. The second kappa shape index (κ2) is 6.51. The average Bonchev–Trinajstić information content (AvgIpc) is 3.32. The summed E-state index contributed by atoms with van der Waals surface area (Å²) in [6.45, 7) is 1.91. The van der Waals surface area contributed by atoms with E-state index in [1.807, 2.05) is 13.0 Å². The molecule has 1 aliphatic rings. The molecule has 0 unspecified atom stereocenters. The highest BCUT2D eigenvalue weighted by Crippen LogP contribution is 2.33. The fourth-order valence-electron chi connectivity index (χ4n) is 3.16. The standard InChI is InChI=1S/C18H19N5O2/c1-12-8-14(10-15(24)9-12)17-19-11-23(22-17)7-6-16-20-21-18(25-16)13-4-2-3-5-13/h6-11,13,24H,2-5H2,1H3/b7-6-. The van der Waals surface area contributed by atoms with E-state index < -0.39 is 0 Å². The van der Waals surface area contributed by atoms with Gasteiger partial charge in [0.05, 0.1) is 0 Å². The van der Waals surface area contributed by atoms with E-state index in [1.54, 1.807) is 35.4 Å². The van der Waals surface area contributed by atoms with Crippen molar-refractivity contribution in [1.29, 1.82) is 0 Å². The van der Waals surface area contributed by atoms with Crippen LogP contribution in [0.4, 0.5) is 0 Å². The smallest absolute Gasteiger partial charge is 0.242 e. The van der Waals surface area contributed by atoms with Crippen LogP contribution in [0, 0.1) is 6.92 Å². The van der Waals surface area contributed by atoms with Crippen molar-refractivity contribution in [3.63, 3.8) is 0 Å². The molecule has 7 nitrogen and oxygen atoms in total. The van der Waals surface area contributed by atoms with Gasteiger partial charge in [0.25, 0.3) is 0 Å². The summed E-state index contributed by atoms with van der Waals surface area (Å²) in [4.78, 5) is 4.27. The molecule has 25 heavy (non-hydrogen) atoms. The van der Waals surface area contributed by atoms with Crippen molar-refractivity contribution >= 4 is 12.3 Å². The molecule has 1 aromatic carbocycles. The lowest BCUT2D eigenvalue weighted by Gasteiger charge is -1.99. The minimum absolute atomic E-state index is 0.201. The fourth-order valence-corrected chi connectivity index (χ4v) is 3.16. The number of hydrogen-bond donors (Lipinski definition) is 1. The van der Waals surface area contributed by atoms with Gasteiger partial charge in [-0.15, -0.1) is 15.3 Å². The SMILES string of the molecule is Cc1cc(O)cc(-c2ncn(/C=C\c3nnc(C4CCCC4)o3)n2)c1. The van der Waals surface area contributed by atoms with Crippen LogP contribution in [-0.4, -0.2) is 30.1 Å². The first kappa shape index (κ1) is 15.6. The molecule has 0 aliphatic heterocycles. The summed E-state index contributed by atoms with van der Waals surface area (Å²) in [6.07, 6.45) is 9.75. The molecule has 0 radical (unpaired) electrons. The van der Waals surface area contributed by atoms with Crippen molar-refractivity contribution < 1.29 is 9.52 Å². The first-order valence-corrected chi connectivity index (χ1v) is 8.41. The normalized spacial score (nSPS) is 15.4. The van der Waals surface area contributed by atoms with Crippen molar-refractivity contribution in [2.24, 2.45) is 0 Å². The van der Waals surface area contributed by atoms with Gasteiger partial charge in [0.2, 0.25) is 11.8 Å². The largest absolute Gasteiger partial charge is 0.508 e. The predicted octanol–water partition coefficient (Wildman–Crippen LogP) is 3.63. The van der Waals surface area contributed by atoms with Crippen LogP contribution in [-0.2, 0) is 0 Å². The molecule has 7 heteroatoms. The summed E-state index contributed by atoms with van der Waals surface area (Å²) in [6, 6.07) is 5.26. The predicted molar refractivity (Wildman–Crippen MR) is 92.6 cm³/mol. The average molecular weight is 337 g/mol. The zero-order valence-electron chi connectivity index (χ0n) is 14.0. The van der Waals surface area contributed by atoms with E-state index in [1.165, 1.54) is 12.8 Å². The number of benzene rings is 1. The van der Waals surface area contributed by atoms with E-state index >= 15 is 0 Å². The summed E-state index contributed by atoms with van der Waals surface area (Å²) in [7, 11) is 0. The number of aromatic hydroxyl groups is 1. The third-order valence-corrected chi connectivity index (χ3v) is 4.36. The van der Waals surface area contributed by atoms with Crippen molar-refractivity contribution in [1.82, 2.24) is 25.0 Å². The Kier molecular flexibility index (Phi) is 4.05. The van der Waals surface area contributed by atoms with E-state index in [4.69, 9.17) is 4.42 Å². The molecule has 4 rings (SSSR count). The van der Waals surface area contributed by atoms with E-state index in [9.17, 15) is 5.11 Å². The van der Waals surface area contributed by atoms with Crippen molar-refractivity contribution in [3.8, 4) is 17.1 Å². The minimum Gasteiger partial charge on any atom is -0.508 e. The Labute approximate surface area is 145 Å². The number of nitrogens with zero attached hydrogens (tertiary/aromatic N) is 5. The second-order valence-electron chi connectivity index (χ2n) is 6.38. The molecular weight excluding hydrogens is 318 g/mol. The summed E-state index contributed by atoms with van der Waals surface area (Å²) in [5, 5.41) is 22.3. The highest BCUT2D eigenvalue weighted by atomic mass is 16.4. The highest BCUT2D eigenvalue weighted by molar-refractivity contribution is 5.59. The molecule has 128 valence electrons. The van der Waals surface area contributed by atoms with Gasteiger partial charge >= 0.3 is 0 Å². The number of aromatic nitrogens is 5. The lowest BCUT2D eigenvalue weighted by atomic mass is 10.1. The molecule has 0 saturated heterocycles. The molecule has 1 aliphatic carbocycles. The van der Waals surface area contributed by atoms with Gasteiger partial charge in [-0.05, 0) is 43.5 Å². The Morgan fingerprint density at radius 2 is 2.04 bits per heavy atom. The number of phenolic OH excluding ortho intramolecular Hbond substituents is 1. The molecule has 0 bridgehead atoms. The maximum Gasteiger partial charge on any atom is 0.242 e. The number of rotatable bonds is 4. The molecule has 0 atom stereocenters. The molecule has 2 heterocycles. The monoisotopic (exact) mass is 337 g/mol. The van der Waals surface area contributed by atoms with Crippen LogP contribution in [0.2, 0.25) is 0 Å². The summed E-state index contributed by atoms with van der Waals surface area (Å²) in [5.41, 5.74) is 1.72. The lowest BCUT2D eigenvalue weighted by molar-refractivity contribution is 0.442. The van der Waals surface area contributed by atoms with Crippen LogP contribution in [0.1, 0.15) is 48.9 Å². The fraction of sp³-hybridized carbons (Fsp3) is 0.333. The van der Waals surface area contributed by atoms with Gasteiger partial charge < -0.3 is 9.52 Å². The van der Waals surface area contributed by atoms with Gasteiger partial charge in [0.1, 0.15) is 12.1 Å². The molecular formula is C18H19N5O2. The van der Waals surface area contributed by atoms with Crippen LogP contribution in [0.25, 0.3) is 23.7 Å². The highest BCUT2D eigenvalue weighted by Gasteiger charge is 2.22. The lowest BCUT2D eigenvalue weighted by Crippen LogP contribution is -1.91. The van der Waals surface area contributed by atoms with Crippen LogP contribution < -0.4 is 0 Å². The zero-order chi connectivity index (χ0) is 17.2. The van der Waals surface area contributed by atoms with Crippen LogP contribution in [0.3, 0.4) is 0 Å². The molecule has 2 aromatic heterocycles. The first-order chi connectivity index (χ1) is 12.2. The Morgan fingerprint density at radius 3 is 2.84 bits per heavy atom. The number of aryl methyl sites for hydroxylation is 1. The third kappa shape index (κ3) is 3.45. The van der Waals surface area contributed by atoms with Crippen molar-refractivity contribution in [2.45, 2.75) is 38.5 Å². The maximum absolute atomic E-state index is 9.70. The summed E-state index contributed by atoms with van der Waals surface area (Å²) >= 11 is 0. The van der Waals surface area contributed by atoms with Crippen LogP contribution >= 0.6 is 0 Å². The van der Waals surface area contributed by atoms with Gasteiger partial charge in [0.15, 0.2) is 5.82 Å². The van der Waals surface area contributed by atoms with E-state index in [-0.39, 0.29) is 5.75 Å². The Bertz CT molecular complexity index is 886. The molecule has 0 amide bonds. The number of hydrogen-bond acceptors (Lipinski definition) is 6. The van der Waals surface area contributed by atoms with Gasteiger partial charge in [-0.2, -0.15) is 0 Å². The quantitative estimate of drug-likeness (QED) is 0.782. The molecule has 3 aromatic rings. The van der Waals surface area contributed by atoms with Crippen molar-refractivity contribution in [3.05, 3.63) is 41.9 Å².